The second-order valence-corrected chi connectivity index (χ2v) is 8.44. The Hall–Kier alpha value is -1.96. The van der Waals surface area contributed by atoms with E-state index in [0.29, 0.717) is 6.54 Å². The molecule has 1 atom stereocenters. The first-order chi connectivity index (χ1) is 13.0. The maximum Gasteiger partial charge on any atom is 0.244 e. The van der Waals surface area contributed by atoms with Crippen molar-refractivity contribution >= 4 is 39.6 Å². The lowest BCUT2D eigenvalue weighted by Gasteiger charge is -2.29. The monoisotopic (exact) mass is 402 g/mol. The summed E-state index contributed by atoms with van der Waals surface area (Å²) in [5, 5.41) is 7.32. The number of hydrogen-bond donors (Lipinski definition) is 1. The first-order valence-corrected chi connectivity index (χ1v) is 11.0. The number of carbonyl (C=O) groups is 1. The number of fused-ring (bicyclic) bond motifs is 1. The van der Waals surface area contributed by atoms with Crippen LogP contribution in [0.5, 0.6) is 0 Å². The van der Waals surface area contributed by atoms with E-state index in [1.54, 1.807) is 28.7 Å². The molecule has 3 rings (SSSR count). The molecule has 0 saturated heterocycles. The smallest absolute Gasteiger partial charge is 0.244 e. The van der Waals surface area contributed by atoms with Gasteiger partial charge in [-0.2, -0.15) is 11.3 Å². The molecule has 0 saturated carbocycles. The Kier molecular flexibility index (Phi) is 6.46. The Morgan fingerprint density at radius 3 is 2.81 bits per heavy atom. The fraction of sp³-hybridized carbons (Fsp3) is 0.400. The van der Waals surface area contributed by atoms with Gasteiger partial charge in [-0.25, -0.2) is 4.98 Å². The predicted octanol–water partition coefficient (Wildman–Crippen LogP) is 4.29. The number of amides is 1. The molecule has 0 fully saturated rings. The maximum absolute atomic E-state index is 12.4. The Morgan fingerprint density at radius 2 is 2.15 bits per heavy atom. The van der Waals surface area contributed by atoms with E-state index in [0.717, 1.165) is 29.4 Å². The molecule has 0 spiro atoms. The van der Waals surface area contributed by atoms with Crippen LogP contribution in [-0.4, -0.2) is 39.8 Å². The number of rotatable bonds is 8. The molecule has 3 aromatic heterocycles. The Balaban J connectivity index is 1.68. The van der Waals surface area contributed by atoms with Crippen LogP contribution in [0.3, 0.4) is 0 Å². The highest BCUT2D eigenvalue weighted by Crippen LogP contribution is 2.23. The summed E-state index contributed by atoms with van der Waals surface area (Å²) in [6, 6.07) is 2.34. The molecule has 144 valence electrons. The summed E-state index contributed by atoms with van der Waals surface area (Å²) in [4.78, 5) is 21.5. The second kappa shape index (κ2) is 8.82. The van der Waals surface area contributed by atoms with Gasteiger partial charge in [0.05, 0.1) is 17.4 Å². The highest BCUT2D eigenvalue weighted by molar-refractivity contribution is 7.17. The summed E-state index contributed by atoms with van der Waals surface area (Å²) < 4.78 is 2.04. The number of carbonyl (C=O) groups excluding carboxylic acids is 1. The average Bonchev–Trinajstić information content (AvgIpc) is 3.34. The molecule has 0 bridgehead atoms. The molecule has 5 nitrogen and oxygen atoms in total. The molecular weight excluding hydrogens is 376 g/mol. The van der Waals surface area contributed by atoms with Gasteiger partial charge in [-0.05, 0) is 55.4 Å². The number of thiophene rings is 1. The molecule has 0 aliphatic rings. The number of imidazole rings is 1. The molecule has 0 aliphatic heterocycles. The van der Waals surface area contributed by atoms with Crippen molar-refractivity contribution in [2.75, 3.05) is 19.6 Å². The van der Waals surface area contributed by atoms with E-state index < -0.39 is 0 Å². The molecular formula is C20H26N4OS2. The largest absolute Gasteiger partial charge is 0.351 e. The minimum Gasteiger partial charge on any atom is -0.351 e. The lowest BCUT2D eigenvalue weighted by Crippen LogP contribution is -2.37. The third kappa shape index (κ3) is 4.48. The minimum absolute atomic E-state index is 0.0799. The van der Waals surface area contributed by atoms with E-state index in [2.05, 4.69) is 59.0 Å². The van der Waals surface area contributed by atoms with Crippen molar-refractivity contribution in [1.82, 2.24) is 19.6 Å². The molecule has 3 heterocycles. The number of hydrogen-bond acceptors (Lipinski definition) is 5. The van der Waals surface area contributed by atoms with E-state index in [9.17, 15) is 4.79 Å². The van der Waals surface area contributed by atoms with Crippen molar-refractivity contribution in [1.29, 1.82) is 0 Å². The molecule has 27 heavy (non-hydrogen) atoms. The van der Waals surface area contributed by atoms with Crippen LogP contribution in [0.15, 0.2) is 29.1 Å². The van der Waals surface area contributed by atoms with Crippen molar-refractivity contribution in [3.05, 3.63) is 50.9 Å². The Labute approximate surface area is 168 Å². The van der Waals surface area contributed by atoms with Crippen LogP contribution in [0.1, 0.15) is 41.7 Å². The number of nitrogens with one attached hydrogen (secondary N) is 1. The van der Waals surface area contributed by atoms with Gasteiger partial charge >= 0.3 is 0 Å². The standard InChI is InChI=1S/C20H26N4OS2/c1-5-23(6-2)18(16-9-10-26-13-16)11-21-19(25)8-7-17-15(4)22-20-24(17)12-14(3)27-20/h7-10,12-13,18H,5-6,11H2,1-4H3,(H,21,25). The summed E-state index contributed by atoms with van der Waals surface area (Å²) in [7, 11) is 0. The van der Waals surface area contributed by atoms with Crippen LogP contribution in [0.25, 0.3) is 11.0 Å². The van der Waals surface area contributed by atoms with Crippen molar-refractivity contribution in [3.8, 4) is 0 Å². The van der Waals surface area contributed by atoms with Crippen LogP contribution in [0.2, 0.25) is 0 Å². The van der Waals surface area contributed by atoms with Crippen LogP contribution in [0.4, 0.5) is 0 Å². The van der Waals surface area contributed by atoms with Gasteiger partial charge in [-0.1, -0.05) is 13.8 Å². The molecule has 0 aromatic carbocycles. The van der Waals surface area contributed by atoms with E-state index in [-0.39, 0.29) is 11.9 Å². The molecule has 0 radical (unpaired) electrons. The topological polar surface area (TPSA) is 49.6 Å². The van der Waals surface area contributed by atoms with Gasteiger partial charge in [0, 0.05) is 23.7 Å². The van der Waals surface area contributed by atoms with Crippen LogP contribution < -0.4 is 5.32 Å². The van der Waals surface area contributed by atoms with E-state index >= 15 is 0 Å². The summed E-state index contributed by atoms with van der Waals surface area (Å²) in [5.74, 6) is -0.0799. The number of thiazole rings is 1. The minimum atomic E-state index is -0.0799. The zero-order valence-corrected chi connectivity index (χ0v) is 17.9. The quantitative estimate of drug-likeness (QED) is 0.572. The highest BCUT2D eigenvalue weighted by atomic mass is 32.1. The summed E-state index contributed by atoms with van der Waals surface area (Å²) in [6.07, 6.45) is 5.52. The summed E-state index contributed by atoms with van der Waals surface area (Å²) in [6.45, 7) is 10.8. The fourth-order valence-corrected chi connectivity index (χ4v) is 4.86. The number of aromatic nitrogens is 2. The van der Waals surface area contributed by atoms with E-state index in [1.807, 2.05) is 17.4 Å². The van der Waals surface area contributed by atoms with Gasteiger partial charge in [0.15, 0.2) is 4.96 Å². The first-order valence-electron chi connectivity index (χ1n) is 9.20. The number of aryl methyl sites for hydroxylation is 2. The highest BCUT2D eigenvalue weighted by Gasteiger charge is 2.18. The lowest BCUT2D eigenvalue weighted by molar-refractivity contribution is -0.116. The molecule has 0 aliphatic carbocycles. The van der Waals surface area contributed by atoms with Crippen molar-refractivity contribution in [3.63, 3.8) is 0 Å². The Morgan fingerprint density at radius 1 is 1.37 bits per heavy atom. The molecule has 1 amide bonds. The van der Waals surface area contributed by atoms with Gasteiger partial charge in [0.2, 0.25) is 5.91 Å². The van der Waals surface area contributed by atoms with Gasteiger partial charge in [0.1, 0.15) is 0 Å². The molecule has 3 aromatic rings. The molecule has 1 unspecified atom stereocenters. The van der Waals surface area contributed by atoms with Crippen LogP contribution in [0, 0.1) is 13.8 Å². The second-order valence-electron chi connectivity index (χ2n) is 6.45. The number of nitrogens with zero attached hydrogens (tertiary/aromatic N) is 3. The summed E-state index contributed by atoms with van der Waals surface area (Å²) >= 11 is 3.35. The van der Waals surface area contributed by atoms with Gasteiger partial charge in [0.25, 0.3) is 0 Å². The van der Waals surface area contributed by atoms with Crippen LogP contribution >= 0.6 is 22.7 Å². The Bertz CT molecular complexity index is 919. The summed E-state index contributed by atoms with van der Waals surface area (Å²) in [5.41, 5.74) is 3.15. The fourth-order valence-electron chi connectivity index (χ4n) is 3.28. The van der Waals surface area contributed by atoms with Gasteiger partial charge in [-0.3, -0.25) is 14.1 Å². The van der Waals surface area contributed by atoms with E-state index in [4.69, 9.17) is 0 Å². The van der Waals surface area contributed by atoms with Crippen LogP contribution in [-0.2, 0) is 4.79 Å². The SMILES string of the molecule is CCN(CC)C(CNC(=O)C=Cc1c(C)nc2sc(C)cn12)c1ccsc1. The average molecular weight is 403 g/mol. The zero-order valence-electron chi connectivity index (χ0n) is 16.2. The normalized spacial score (nSPS) is 13.1. The third-order valence-corrected chi connectivity index (χ3v) is 6.31. The third-order valence-electron chi connectivity index (χ3n) is 4.71. The van der Waals surface area contributed by atoms with Crippen molar-refractivity contribution in [2.45, 2.75) is 33.7 Å². The maximum atomic E-state index is 12.4. The molecule has 1 N–H and O–H groups in total. The van der Waals surface area contributed by atoms with Gasteiger partial charge < -0.3 is 5.32 Å². The predicted molar refractivity (Wildman–Crippen MR) is 115 cm³/mol. The lowest BCUT2D eigenvalue weighted by atomic mass is 10.1. The molecule has 7 heteroatoms. The zero-order chi connectivity index (χ0) is 19.4. The number of likely N-dealkylation sites (N-methyl/N-ethyl adjacent to an activating group) is 1. The van der Waals surface area contributed by atoms with Gasteiger partial charge in [-0.15, -0.1) is 11.3 Å². The van der Waals surface area contributed by atoms with E-state index in [1.165, 1.54) is 10.4 Å². The van der Waals surface area contributed by atoms with Crippen molar-refractivity contribution < 1.29 is 4.79 Å². The first kappa shape index (κ1) is 19.8. The van der Waals surface area contributed by atoms with Crippen molar-refractivity contribution in [2.24, 2.45) is 0 Å².